The van der Waals surface area contributed by atoms with E-state index in [1.54, 1.807) is 6.07 Å². The van der Waals surface area contributed by atoms with Crippen molar-refractivity contribution in [3.05, 3.63) is 83.9 Å². The van der Waals surface area contributed by atoms with Crippen molar-refractivity contribution < 1.29 is 9.84 Å². The highest BCUT2D eigenvalue weighted by molar-refractivity contribution is 5.67. The maximum Gasteiger partial charge on any atom is 0.139 e. The predicted octanol–water partition coefficient (Wildman–Crippen LogP) is 5.02. The molecule has 0 heterocycles. The van der Waals surface area contributed by atoms with Crippen LogP contribution in [-0.4, -0.2) is 5.11 Å². The minimum absolute atomic E-state index is 0.237. The van der Waals surface area contributed by atoms with Crippen LogP contribution in [-0.2, 0) is 6.61 Å². The summed E-state index contributed by atoms with van der Waals surface area (Å²) in [7, 11) is 0. The summed E-state index contributed by atoms with van der Waals surface area (Å²) in [4.78, 5) is 0. The third-order valence-corrected chi connectivity index (χ3v) is 3.51. The van der Waals surface area contributed by atoms with Crippen molar-refractivity contribution in [2.24, 2.45) is 0 Å². The fourth-order valence-corrected chi connectivity index (χ4v) is 2.31. The summed E-state index contributed by atoms with van der Waals surface area (Å²) in [5.41, 5.74) is 3.69. The van der Waals surface area contributed by atoms with Crippen molar-refractivity contribution >= 4 is 11.4 Å². The molecule has 23 heavy (non-hydrogen) atoms. The van der Waals surface area contributed by atoms with E-state index in [-0.39, 0.29) is 5.75 Å². The van der Waals surface area contributed by atoms with Crippen LogP contribution in [0.5, 0.6) is 11.5 Å². The average molecular weight is 305 g/mol. The Morgan fingerprint density at radius 1 is 0.913 bits per heavy atom. The number of ether oxygens (including phenoxy) is 1. The summed E-state index contributed by atoms with van der Waals surface area (Å²) in [6.45, 7) is 2.47. The van der Waals surface area contributed by atoms with Crippen LogP contribution >= 0.6 is 0 Å². The number of nitrogens with one attached hydrogen (secondary N) is 1. The summed E-state index contributed by atoms with van der Waals surface area (Å²) < 4.78 is 5.82. The Bertz CT molecular complexity index is 785. The van der Waals surface area contributed by atoms with Crippen molar-refractivity contribution in [3.63, 3.8) is 0 Å². The van der Waals surface area contributed by atoms with Crippen molar-refractivity contribution in [2.75, 3.05) is 5.32 Å². The number of aryl methyl sites for hydroxylation is 1. The zero-order chi connectivity index (χ0) is 16.1. The topological polar surface area (TPSA) is 41.5 Å². The van der Waals surface area contributed by atoms with E-state index in [0.29, 0.717) is 12.3 Å². The van der Waals surface area contributed by atoms with Gasteiger partial charge in [0.1, 0.15) is 18.1 Å². The standard InChI is InChI=1S/C20H19NO2/c1-15-10-11-19(20(22)12-15)21-17-8-5-9-18(13-17)23-14-16-6-3-2-4-7-16/h2-13,21-22H,14H2,1H3. The Morgan fingerprint density at radius 3 is 2.52 bits per heavy atom. The van der Waals surface area contributed by atoms with Crippen LogP contribution in [0.2, 0.25) is 0 Å². The lowest BCUT2D eigenvalue weighted by Crippen LogP contribution is -1.96. The number of benzene rings is 3. The maximum atomic E-state index is 9.98. The van der Waals surface area contributed by atoms with Gasteiger partial charge >= 0.3 is 0 Å². The van der Waals surface area contributed by atoms with E-state index in [1.807, 2.05) is 73.7 Å². The SMILES string of the molecule is Cc1ccc(Nc2cccc(OCc3ccccc3)c2)c(O)c1. The fourth-order valence-electron chi connectivity index (χ4n) is 2.31. The Labute approximate surface area is 136 Å². The molecule has 3 aromatic carbocycles. The van der Waals surface area contributed by atoms with E-state index in [0.717, 1.165) is 22.6 Å². The van der Waals surface area contributed by atoms with Crippen molar-refractivity contribution in [1.29, 1.82) is 0 Å². The highest BCUT2D eigenvalue weighted by atomic mass is 16.5. The van der Waals surface area contributed by atoms with E-state index < -0.39 is 0 Å². The number of phenolic OH excluding ortho intramolecular Hbond substituents is 1. The normalized spacial score (nSPS) is 10.3. The van der Waals surface area contributed by atoms with Gasteiger partial charge in [0.2, 0.25) is 0 Å². The van der Waals surface area contributed by atoms with E-state index in [9.17, 15) is 5.11 Å². The molecule has 0 aliphatic heterocycles. The number of rotatable bonds is 5. The Kier molecular flexibility index (Phi) is 4.48. The molecule has 0 saturated heterocycles. The van der Waals surface area contributed by atoms with Gasteiger partial charge in [-0.1, -0.05) is 42.5 Å². The van der Waals surface area contributed by atoms with Gasteiger partial charge in [-0.15, -0.1) is 0 Å². The Morgan fingerprint density at radius 2 is 1.74 bits per heavy atom. The van der Waals surface area contributed by atoms with Crippen molar-refractivity contribution in [1.82, 2.24) is 0 Å². The van der Waals surface area contributed by atoms with E-state index >= 15 is 0 Å². The highest BCUT2D eigenvalue weighted by Crippen LogP contribution is 2.29. The fraction of sp³-hybridized carbons (Fsp3) is 0.100. The van der Waals surface area contributed by atoms with Crippen LogP contribution in [0, 0.1) is 6.92 Å². The van der Waals surface area contributed by atoms with Crippen LogP contribution in [0.15, 0.2) is 72.8 Å². The third kappa shape index (κ3) is 4.04. The number of phenols is 1. The number of hydrogen-bond donors (Lipinski definition) is 2. The molecule has 0 bridgehead atoms. The van der Waals surface area contributed by atoms with Crippen LogP contribution in [0.1, 0.15) is 11.1 Å². The van der Waals surface area contributed by atoms with E-state index in [2.05, 4.69) is 5.32 Å². The molecule has 0 fully saturated rings. The molecule has 3 rings (SSSR count). The number of hydrogen-bond acceptors (Lipinski definition) is 3. The van der Waals surface area contributed by atoms with Crippen LogP contribution in [0.4, 0.5) is 11.4 Å². The Balaban J connectivity index is 1.69. The molecule has 0 atom stereocenters. The minimum Gasteiger partial charge on any atom is -0.506 e. The molecule has 0 radical (unpaired) electrons. The molecular formula is C20H19NO2. The van der Waals surface area contributed by atoms with Gasteiger partial charge in [-0.05, 0) is 42.3 Å². The maximum absolute atomic E-state index is 9.98. The molecule has 3 nitrogen and oxygen atoms in total. The minimum atomic E-state index is 0.237. The molecule has 0 unspecified atom stereocenters. The lowest BCUT2D eigenvalue weighted by molar-refractivity contribution is 0.306. The lowest BCUT2D eigenvalue weighted by atomic mass is 10.2. The first-order valence-corrected chi connectivity index (χ1v) is 7.54. The molecule has 0 aliphatic rings. The molecule has 116 valence electrons. The Hall–Kier alpha value is -2.94. The van der Waals surface area contributed by atoms with Crippen molar-refractivity contribution in [3.8, 4) is 11.5 Å². The zero-order valence-electron chi connectivity index (χ0n) is 13.0. The predicted molar refractivity (Wildman–Crippen MR) is 93.3 cm³/mol. The molecule has 0 saturated carbocycles. The second-order valence-corrected chi connectivity index (χ2v) is 5.45. The van der Waals surface area contributed by atoms with Gasteiger partial charge in [0.05, 0.1) is 5.69 Å². The first kappa shape index (κ1) is 15.0. The molecule has 0 aliphatic carbocycles. The van der Waals surface area contributed by atoms with Crippen LogP contribution in [0.25, 0.3) is 0 Å². The molecule has 0 amide bonds. The third-order valence-electron chi connectivity index (χ3n) is 3.51. The van der Waals surface area contributed by atoms with Gasteiger partial charge < -0.3 is 15.2 Å². The van der Waals surface area contributed by atoms with E-state index in [4.69, 9.17) is 4.74 Å². The summed E-state index contributed by atoms with van der Waals surface area (Å²) in [6, 6.07) is 23.3. The number of anilines is 2. The van der Waals surface area contributed by atoms with Crippen LogP contribution in [0.3, 0.4) is 0 Å². The molecular weight excluding hydrogens is 286 g/mol. The molecule has 2 N–H and O–H groups in total. The van der Waals surface area contributed by atoms with Crippen molar-refractivity contribution in [2.45, 2.75) is 13.5 Å². The quantitative estimate of drug-likeness (QED) is 0.650. The largest absolute Gasteiger partial charge is 0.506 e. The lowest BCUT2D eigenvalue weighted by Gasteiger charge is -2.11. The molecule has 3 heteroatoms. The second-order valence-electron chi connectivity index (χ2n) is 5.45. The smallest absolute Gasteiger partial charge is 0.139 e. The summed E-state index contributed by atoms with van der Waals surface area (Å²) >= 11 is 0. The molecule has 3 aromatic rings. The van der Waals surface area contributed by atoms with Crippen LogP contribution < -0.4 is 10.1 Å². The first-order chi connectivity index (χ1) is 11.2. The van der Waals surface area contributed by atoms with Gasteiger partial charge in [0, 0.05) is 11.8 Å². The van der Waals surface area contributed by atoms with Gasteiger partial charge in [0.25, 0.3) is 0 Å². The highest BCUT2D eigenvalue weighted by Gasteiger charge is 2.03. The van der Waals surface area contributed by atoms with Gasteiger partial charge in [-0.2, -0.15) is 0 Å². The summed E-state index contributed by atoms with van der Waals surface area (Å²) in [5.74, 6) is 1.02. The molecule has 0 spiro atoms. The average Bonchev–Trinajstić information content (AvgIpc) is 2.57. The zero-order valence-corrected chi connectivity index (χ0v) is 13.0. The summed E-state index contributed by atoms with van der Waals surface area (Å²) in [6.07, 6.45) is 0. The monoisotopic (exact) mass is 305 g/mol. The second kappa shape index (κ2) is 6.88. The number of aromatic hydroxyl groups is 1. The first-order valence-electron chi connectivity index (χ1n) is 7.54. The van der Waals surface area contributed by atoms with Gasteiger partial charge in [-0.25, -0.2) is 0 Å². The van der Waals surface area contributed by atoms with E-state index in [1.165, 1.54) is 0 Å². The van der Waals surface area contributed by atoms with Gasteiger partial charge in [-0.3, -0.25) is 0 Å². The van der Waals surface area contributed by atoms with Gasteiger partial charge in [0.15, 0.2) is 0 Å². The molecule has 0 aromatic heterocycles. The summed E-state index contributed by atoms with van der Waals surface area (Å²) in [5, 5.41) is 13.2.